The summed E-state index contributed by atoms with van der Waals surface area (Å²) in [6.45, 7) is 11.2. The monoisotopic (exact) mass is 319 g/mol. The number of hydrogen-bond donors (Lipinski definition) is 0. The van der Waals surface area contributed by atoms with Crippen LogP contribution in [0, 0.1) is 19.3 Å². The van der Waals surface area contributed by atoms with E-state index in [4.69, 9.17) is 0 Å². The maximum absolute atomic E-state index is 4.25. The Labute approximate surface area is 145 Å². The molecule has 0 saturated carbocycles. The average Bonchev–Trinajstić information content (AvgIpc) is 2.48. The third kappa shape index (κ3) is 3.19. The molecule has 0 spiro atoms. The summed E-state index contributed by atoms with van der Waals surface area (Å²) in [5.41, 5.74) is 6.70. The van der Waals surface area contributed by atoms with E-state index in [-0.39, 0.29) is 0 Å². The van der Waals surface area contributed by atoms with Crippen molar-refractivity contribution in [1.29, 1.82) is 0 Å². The van der Waals surface area contributed by atoms with E-state index in [9.17, 15) is 0 Å². The fourth-order valence-electron chi connectivity index (χ4n) is 3.41. The molecule has 0 atom stereocenters. The third-order valence-electron chi connectivity index (χ3n) is 4.61. The lowest BCUT2D eigenvalue weighted by atomic mass is 9.87. The zero-order chi connectivity index (χ0) is 17.5. The Morgan fingerprint density at radius 2 is 1.79 bits per heavy atom. The number of benzene rings is 1. The number of hydrogen-bond acceptors (Lipinski definition) is 1. The summed E-state index contributed by atoms with van der Waals surface area (Å²) in [5.74, 6) is 0. The fraction of sp³-hybridized carbons (Fsp3) is 0.364. The Balaban J connectivity index is 2.26. The van der Waals surface area contributed by atoms with Crippen molar-refractivity contribution < 1.29 is 4.57 Å². The predicted octanol–water partition coefficient (Wildman–Crippen LogP) is 4.93. The number of fused-ring (bicyclic) bond motifs is 1. The first-order chi connectivity index (χ1) is 11.3. The van der Waals surface area contributed by atoms with Crippen LogP contribution in [-0.2, 0) is 13.5 Å². The smallest absolute Gasteiger partial charge is 0.220 e. The van der Waals surface area contributed by atoms with Crippen molar-refractivity contribution in [1.82, 2.24) is 4.98 Å². The van der Waals surface area contributed by atoms with Gasteiger partial charge in [0.15, 0.2) is 5.69 Å². The summed E-state index contributed by atoms with van der Waals surface area (Å²) in [6.07, 6.45) is 4.91. The van der Waals surface area contributed by atoms with Crippen LogP contribution in [0.25, 0.3) is 22.0 Å². The van der Waals surface area contributed by atoms with Gasteiger partial charge in [-0.1, -0.05) is 32.9 Å². The van der Waals surface area contributed by atoms with E-state index in [1.54, 1.807) is 0 Å². The molecule has 0 N–H and O–H groups in total. The number of aromatic nitrogens is 2. The minimum Gasteiger partial charge on any atom is -0.264 e. The van der Waals surface area contributed by atoms with Gasteiger partial charge in [0.05, 0.1) is 10.9 Å². The minimum atomic E-state index is 0.298. The number of rotatable bonds is 2. The normalized spacial score (nSPS) is 11.9. The molecular weight excluding hydrogens is 292 g/mol. The Morgan fingerprint density at radius 1 is 1.04 bits per heavy atom. The topological polar surface area (TPSA) is 16.8 Å². The van der Waals surface area contributed by atoms with Crippen LogP contribution >= 0.6 is 0 Å². The fourth-order valence-corrected chi connectivity index (χ4v) is 3.41. The van der Waals surface area contributed by atoms with Crippen molar-refractivity contribution in [2.45, 2.75) is 41.0 Å². The van der Waals surface area contributed by atoms with Gasteiger partial charge in [-0.2, -0.15) is 4.57 Å². The maximum atomic E-state index is 4.25. The van der Waals surface area contributed by atoms with Crippen LogP contribution in [0.1, 0.15) is 37.6 Å². The van der Waals surface area contributed by atoms with Gasteiger partial charge in [-0.3, -0.25) is 4.98 Å². The summed E-state index contributed by atoms with van der Waals surface area (Å²) in [6, 6.07) is 11.3. The lowest BCUT2D eigenvalue weighted by Gasteiger charge is -2.18. The molecule has 2 aromatic heterocycles. The summed E-state index contributed by atoms with van der Waals surface area (Å²) < 4.78 is 2.29. The van der Waals surface area contributed by atoms with E-state index in [2.05, 4.69) is 81.5 Å². The molecule has 0 aliphatic carbocycles. The third-order valence-corrected chi connectivity index (χ3v) is 4.61. The molecule has 0 radical (unpaired) electrons. The highest BCUT2D eigenvalue weighted by Gasteiger charge is 2.20. The second-order valence-corrected chi connectivity index (χ2v) is 8.04. The molecular formula is C22H27N2+. The molecule has 0 fully saturated rings. The van der Waals surface area contributed by atoms with Gasteiger partial charge in [0, 0.05) is 25.4 Å². The van der Waals surface area contributed by atoms with Crippen LogP contribution in [0.3, 0.4) is 0 Å². The first kappa shape index (κ1) is 16.6. The van der Waals surface area contributed by atoms with Crippen molar-refractivity contribution in [2.75, 3.05) is 0 Å². The summed E-state index contributed by atoms with van der Waals surface area (Å²) in [5, 5.41) is 2.62. The SMILES string of the molecule is Cc1cnccc1-c1c2ccc(CC(C)(C)C)cc2cc(C)[n+]1C. The molecule has 1 aromatic carbocycles. The number of aryl methyl sites for hydroxylation is 2. The average molecular weight is 319 g/mol. The van der Waals surface area contributed by atoms with Crippen LogP contribution in [-0.4, -0.2) is 4.98 Å². The molecule has 0 unspecified atom stereocenters. The van der Waals surface area contributed by atoms with Crippen molar-refractivity contribution in [3.05, 3.63) is 59.5 Å². The zero-order valence-corrected chi connectivity index (χ0v) is 15.6. The molecule has 24 heavy (non-hydrogen) atoms. The summed E-state index contributed by atoms with van der Waals surface area (Å²) in [7, 11) is 2.15. The molecule has 0 aliphatic heterocycles. The molecule has 0 saturated heterocycles. The van der Waals surface area contributed by atoms with Crippen LogP contribution < -0.4 is 4.57 Å². The van der Waals surface area contributed by atoms with E-state index in [1.165, 1.54) is 38.9 Å². The van der Waals surface area contributed by atoms with Gasteiger partial charge < -0.3 is 0 Å². The Bertz CT molecular complexity index is 902. The first-order valence-electron chi connectivity index (χ1n) is 8.59. The molecule has 124 valence electrons. The molecule has 2 heterocycles. The van der Waals surface area contributed by atoms with Gasteiger partial charge >= 0.3 is 0 Å². The number of pyridine rings is 2. The van der Waals surface area contributed by atoms with Crippen LogP contribution in [0.2, 0.25) is 0 Å². The van der Waals surface area contributed by atoms with Crippen molar-refractivity contribution in [3.63, 3.8) is 0 Å². The quantitative estimate of drug-likeness (QED) is 0.612. The Kier molecular flexibility index (Phi) is 4.16. The van der Waals surface area contributed by atoms with E-state index in [0.29, 0.717) is 5.41 Å². The highest BCUT2D eigenvalue weighted by atomic mass is 14.9. The Morgan fingerprint density at radius 3 is 2.46 bits per heavy atom. The van der Waals surface area contributed by atoms with Gasteiger partial charge in [0.25, 0.3) is 0 Å². The van der Waals surface area contributed by atoms with Crippen molar-refractivity contribution in [2.24, 2.45) is 12.5 Å². The maximum Gasteiger partial charge on any atom is 0.220 e. The second-order valence-electron chi connectivity index (χ2n) is 8.04. The molecule has 0 aliphatic rings. The summed E-state index contributed by atoms with van der Waals surface area (Å²) in [4.78, 5) is 4.25. The number of nitrogens with zero attached hydrogens (tertiary/aromatic N) is 2. The van der Waals surface area contributed by atoms with E-state index in [1.807, 2.05) is 12.4 Å². The first-order valence-corrected chi connectivity index (χ1v) is 8.59. The van der Waals surface area contributed by atoms with E-state index in [0.717, 1.165) is 6.42 Å². The minimum absolute atomic E-state index is 0.298. The van der Waals surface area contributed by atoms with Crippen LogP contribution in [0.15, 0.2) is 42.7 Å². The molecule has 3 rings (SSSR count). The van der Waals surface area contributed by atoms with Crippen molar-refractivity contribution in [3.8, 4) is 11.3 Å². The van der Waals surface area contributed by atoms with Gasteiger partial charge in [-0.15, -0.1) is 0 Å². The largest absolute Gasteiger partial charge is 0.264 e. The van der Waals surface area contributed by atoms with Gasteiger partial charge in [-0.05, 0) is 47.4 Å². The highest BCUT2D eigenvalue weighted by molar-refractivity contribution is 5.94. The molecule has 0 bridgehead atoms. The van der Waals surface area contributed by atoms with Crippen LogP contribution in [0.5, 0.6) is 0 Å². The lowest BCUT2D eigenvalue weighted by molar-refractivity contribution is -0.665. The molecule has 2 nitrogen and oxygen atoms in total. The van der Waals surface area contributed by atoms with E-state index < -0.39 is 0 Å². The standard InChI is InChI=1S/C22H27N2/c1-15-14-23-10-9-19(15)21-20-8-7-17(13-22(3,4)5)12-18(20)11-16(2)24(21)6/h7-12,14H,13H2,1-6H3/q+1. The molecule has 3 aromatic rings. The summed E-state index contributed by atoms with van der Waals surface area (Å²) >= 11 is 0. The Hall–Kier alpha value is -2.22. The van der Waals surface area contributed by atoms with Crippen molar-refractivity contribution >= 4 is 10.8 Å². The molecule has 2 heteroatoms. The van der Waals surface area contributed by atoms with Crippen LogP contribution in [0.4, 0.5) is 0 Å². The lowest BCUT2D eigenvalue weighted by Crippen LogP contribution is -2.35. The predicted molar refractivity (Wildman–Crippen MR) is 101 cm³/mol. The second kappa shape index (κ2) is 6.01. The molecule has 0 amide bonds. The highest BCUT2D eigenvalue weighted by Crippen LogP contribution is 2.30. The van der Waals surface area contributed by atoms with Gasteiger partial charge in [0.1, 0.15) is 7.05 Å². The zero-order valence-electron chi connectivity index (χ0n) is 15.6. The van der Waals surface area contributed by atoms with Gasteiger partial charge in [0.2, 0.25) is 5.69 Å². The van der Waals surface area contributed by atoms with Gasteiger partial charge in [-0.25, -0.2) is 0 Å². The van der Waals surface area contributed by atoms with E-state index >= 15 is 0 Å².